The number of carbonyl (C=O) groups is 2. The van der Waals surface area contributed by atoms with Crippen molar-refractivity contribution in [1.82, 2.24) is 5.32 Å². The topological polar surface area (TPSA) is 84.9 Å². The molecule has 1 atom stereocenters. The van der Waals surface area contributed by atoms with Crippen molar-refractivity contribution >= 4 is 11.9 Å². The van der Waals surface area contributed by atoms with E-state index in [-0.39, 0.29) is 12.5 Å². The van der Waals surface area contributed by atoms with Gasteiger partial charge in [-0.05, 0) is 18.2 Å². The van der Waals surface area contributed by atoms with E-state index in [1.165, 1.54) is 14.2 Å². The number of hydrogen-bond acceptors (Lipinski definition) is 4. The van der Waals surface area contributed by atoms with Gasteiger partial charge in [-0.3, -0.25) is 4.79 Å². The van der Waals surface area contributed by atoms with Gasteiger partial charge in [0, 0.05) is 12.7 Å². The molecular formula is C12H15NO5. The van der Waals surface area contributed by atoms with Crippen LogP contribution in [0.15, 0.2) is 24.3 Å². The molecule has 0 aromatic heterocycles. The van der Waals surface area contributed by atoms with Crippen LogP contribution < -0.4 is 10.1 Å². The lowest BCUT2D eigenvalue weighted by Crippen LogP contribution is -2.37. The number of hydrogen-bond donors (Lipinski definition) is 2. The minimum absolute atomic E-state index is 0.0954. The lowest BCUT2D eigenvalue weighted by atomic mass is 10.2. The highest BCUT2D eigenvalue weighted by Crippen LogP contribution is 2.12. The first-order valence-electron chi connectivity index (χ1n) is 5.26. The van der Waals surface area contributed by atoms with Gasteiger partial charge in [0.1, 0.15) is 5.75 Å². The lowest BCUT2D eigenvalue weighted by molar-refractivity contribution is -0.148. The quantitative estimate of drug-likeness (QED) is 0.772. The number of aliphatic carboxylic acids is 1. The fourth-order valence-corrected chi connectivity index (χ4v) is 1.32. The Morgan fingerprint density at radius 2 is 2.11 bits per heavy atom. The molecule has 1 amide bonds. The van der Waals surface area contributed by atoms with Gasteiger partial charge in [-0.25, -0.2) is 4.79 Å². The van der Waals surface area contributed by atoms with Gasteiger partial charge in [0.15, 0.2) is 6.10 Å². The maximum Gasteiger partial charge on any atom is 0.334 e. The minimum Gasteiger partial charge on any atom is -0.497 e. The molecule has 6 nitrogen and oxygen atoms in total. The predicted octanol–water partition coefficient (Wildman–Crippen LogP) is 0.525. The van der Waals surface area contributed by atoms with Crippen LogP contribution >= 0.6 is 0 Å². The Labute approximate surface area is 105 Å². The molecule has 1 aromatic rings. The van der Waals surface area contributed by atoms with Gasteiger partial charge in [-0.15, -0.1) is 0 Å². The van der Waals surface area contributed by atoms with Gasteiger partial charge in [-0.1, -0.05) is 6.07 Å². The molecule has 98 valence electrons. The summed E-state index contributed by atoms with van der Waals surface area (Å²) in [6.07, 6.45) is -1.06. The molecule has 0 fully saturated rings. The fraction of sp³-hybridized carbons (Fsp3) is 0.333. The third kappa shape index (κ3) is 3.74. The van der Waals surface area contributed by atoms with E-state index in [0.29, 0.717) is 11.3 Å². The lowest BCUT2D eigenvalue weighted by Gasteiger charge is -2.11. The first-order valence-corrected chi connectivity index (χ1v) is 5.26. The summed E-state index contributed by atoms with van der Waals surface area (Å²) >= 11 is 0. The summed E-state index contributed by atoms with van der Waals surface area (Å²) in [4.78, 5) is 22.4. The van der Waals surface area contributed by atoms with Crippen molar-refractivity contribution in [2.75, 3.05) is 20.8 Å². The van der Waals surface area contributed by atoms with Crippen LogP contribution in [0.4, 0.5) is 0 Å². The average molecular weight is 253 g/mol. The first kappa shape index (κ1) is 14.0. The van der Waals surface area contributed by atoms with Gasteiger partial charge in [0.05, 0.1) is 13.7 Å². The third-order valence-corrected chi connectivity index (χ3v) is 2.34. The molecule has 0 aliphatic rings. The molecule has 6 heteroatoms. The molecular weight excluding hydrogens is 238 g/mol. The Bertz CT molecular complexity index is 432. The van der Waals surface area contributed by atoms with Crippen molar-refractivity contribution in [2.45, 2.75) is 6.10 Å². The van der Waals surface area contributed by atoms with Crippen molar-refractivity contribution in [3.63, 3.8) is 0 Å². The number of ether oxygens (including phenoxy) is 2. The highest BCUT2D eigenvalue weighted by atomic mass is 16.5. The van der Waals surface area contributed by atoms with E-state index in [0.717, 1.165) is 0 Å². The van der Waals surface area contributed by atoms with Crippen LogP contribution in [0.25, 0.3) is 0 Å². The highest BCUT2D eigenvalue weighted by Gasteiger charge is 2.17. The molecule has 0 saturated carbocycles. The molecule has 1 aromatic carbocycles. The van der Waals surface area contributed by atoms with Gasteiger partial charge < -0.3 is 19.9 Å². The summed E-state index contributed by atoms with van der Waals surface area (Å²) in [5, 5.41) is 11.2. The van der Waals surface area contributed by atoms with E-state index in [1.54, 1.807) is 24.3 Å². The molecule has 0 aliphatic heterocycles. The smallest absolute Gasteiger partial charge is 0.334 e. The van der Waals surface area contributed by atoms with E-state index in [9.17, 15) is 9.59 Å². The van der Waals surface area contributed by atoms with Crippen LogP contribution in [0.2, 0.25) is 0 Å². The molecule has 2 N–H and O–H groups in total. The summed E-state index contributed by atoms with van der Waals surface area (Å²) in [5.74, 6) is -0.940. The third-order valence-electron chi connectivity index (χ3n) is 2.34. The summed E-state index contributed by atoms with van der Waals surface area (Å²) in [7, 11) is 2.78. The number of methoxy groups -OCH3 is 2. The number of carboxylic acid groups (broad SMARTS) is 1. The second-order valence-electron chi connectivity index (χ2n) is 3.50. The molecule has 0 bridgehead atoms. The Kier molecular flexibility index (Phi) is 5.13. The second kappa shape index (κ2) is 6.61. The predicted molar refractivity (Wildman–Crippen MR) is 63.8 cm³/mol. The molecule has 0 radical (unpaired) electrons. The van der Waals surface area contributed by atoms with Crippen molar-refractivity contribution < 1.29 is 24.2 Å². The number of rotatable bonds is 6. The summed E-state index contributed by atoms with van der Waals surface area (Å²) in [6.45, 7) is -0.0954. The number of nitrogens with one attached hydrogen (secondary N) is 1. The van der Waals surface area contributed by atoms with Gasteiger partial charge in [0.25, 0.3) is 5.91 Å². The van der Waals surface area contributed by atoms with Crippen molar-refractivity contribution in [2.24, 2.45) is 0 Å². The van der Waals surface area contributed by atoms with Crippen LogP contribution in [0.3, 0.4) is 0 Å². The molecule has 0 spiro atoms. The van der Waals surface area contributed by atoms with E-state index in [2.05, 4.69) is 5.32 Å². The molecule has 18 heavy (non-hydrogen) atoms. The zero-order chi connectivity index (χ0) is 13.5. The van der Waals surface area contributed by atoms with Crippen LogP contribution in [0.1, 0.15) is 10.4 Å². The number of amides is 1. The Morgan fingerprint density at radius 1 is 1.39 bits per heavy atom. The number of carbonyl (C=O) groups excluding carboxylic acids is 1. The molecule has 0 saturated heterocycles. The van der Waals surface area contributed by atoms with Crippen molar-refractivity contribution in [3.8, 4) is 5.75 Å². The van der Waals surface area contributed by atoms with E-state index < -0.39 is 12.1 Å². The normalized spacial score (nSPS) is 11.7. The second-order valence-corrected chi connectivity index (χ2v) is 3.50. The standard InChI is InChI=1S/C12H15NO5/c1-17-9-5-3-4-8(6-9)11(14)13-7-10(18-2)12(15)16/h3-6,10H,7H2,1-2H3,(H,13,14)(H,15,16). The maximum atomic E-state index is 11.7. The molecule has 1 unspecified atom stereocenters. The Balaban J connectivity index is 2.62. The average Bonchev–Trinajstić information content (AvgIpc) is 2.38. The highest BCUT2D eigenvalue weighted by molar-refractivity contribution is 5.94. The molecule has 0 aliphatic carbocycles. The summed E-state index contributed by atoms with van der Waals surface area (Å²) < 4.78 is 9.70. The molecule has 1 rings (SSSR count). The van der Waals surface area contributed by atoms with Crippen molar-refractivity contribution in [3.05, 3.63) is 29.8 Å². The maximum absolute atomic E-state index is 11.7. The number of benzene rings is 1. The minimum atomic E-state index is -1.12. The number of carboxylic acids is 1. The van der Waals surface area contributed by atoms with Gasteiger partial charge in [0.2, 0.25) is 0 Å². The van der Waals surface area contributed by atoms with Crippen LogP contribution in [-0.2, 0) is 9.53 Å². The summed E-state index contributed by atoms with van der Waals surface area (Å²) in [6, 6.07) is 6.57. The summed E-state index contributed by atoms with van der Waals surface area (Å²) in [5.41, 5.74) is 0.398. The fourth-order valence-electron chi connectivity index (χ4n) is 1.32. The van der Waals surface area contributed by atoms with E-state index >= 15 is 0 Å². The van der Waals surface area contributed by atoms with Crippen LogP contribution in [-0.4, -0.2) is 43.9 Å². The first-order chi connectivity index (χ1) is 8.58. The van der Waals surface area contributed by atoms with Gasteiger partial charge in [-0.2, -0.15) is 0 Å². The van der Waals surface area contributed by atoms with Gasteiger partial charge >= 0.3 is 5.97 Å². The van der Waals surface area contributed by atoms with Crippen LogP contribution in [0.5, 0.6) is 5.75 Å². The van der Waals surface area contributed by atoms with E-state index in [4.69, 9.17) is 14.6 Å². The SMILES string of the molecule is COc1cccc(C(=O)NCC(OC)C(=O)O)c1. The largest absolute Gasteiger partial charge is 0.497 e. The monoisotopic (exact) mass is 253 g/mol. The Morgan fingerprint density at radius 3 is 2.67 bits per heavy atom. The van der Waals surface area contributed by atoms with Crippen molar-refractivity contribution in [1.29, 1.82) is 0 Å². The van der Waals surface area contributed by atoms with E-state index in [1.807, 2.05) is 0 Å². The zero-order valence-electron chi connectivity index (χ0n) is 10.2. The molecule has 0 heterocycles. The van der Waals surface area contributed by atoms with Crippen LogP contribution in [0, 0.1) is 0 Å². The Hall–Kier alpha value is -2.08. The zero-order valence-corrected chi connectivity index (χ0v) is 10.2.